The number of aliphatic hydroxyl groups is 1. The molecule has 0 spiro atoms. The smallest absolute Gasteiger partial charge is 0.253 e. The van der Waals surface area contributed by atoms with E-state index in [-0.39, 0.29) is 17.5 Å². The molecule has 0 radical (unpaired) electrons. The predicted molar refractivity (Wildman–Crippen MR) is 73.7 cm³/mol. The highest BCUT2D eigenvalue weighted by Gasteiger charge is 2.36. The molecule has 1 aliphatic rings. The van der Waals surface area contributed by atoms with Crippen LogP contribution >= 0.6 is 0 Å². The van der Waals surface area contributed by atoms with Gasteiger partial charge in [0.25, 0.3) is 5.91 Å². The van der Waals surface area contributed by atoms with Crippen molar-refractivity contribution in [1.29, 1.82) is 0 Å². The standard InChI is InChI=1S/C15H21FN2O2/c1-14(2)3-5-15(20,6-4-14)10-18-13(19)11-7-12(16)9-17-8-11/h7-9,20H,3-6,10H2,1-2H3,(H,18,19). The topological polar surface area (TPSA) is 62.2 Å². The SMILES string of the molecule is CC1(C)CCC(O)(CNC(=O)c2cncc(F)c2)CC1. The molecular weight excluding hydrogens is 259 g/mol. The van der Waals surface area contributed by atoms with Crippen LogP contribution in [0.3, 0.4) is 0 Å². The lowest BCUT2D eigenvalue weighted by molar-refractivity contribution is -0.0233. The van der Waals surface area contributed by atoms with Gasteiger partial charge in [-0.3, -0.25) is 9.78 Å². The second-order valence-electron chi connectivity index (χ2n) is 6.46. The van der Waals surface area contributed by atoms with Crippen molar-refractivity contribution in [3.8, 4) is 0 Å². The molecule has 0 saturated heterocycles. The van der Waals surface area contributed by atoms with E-state index in [1.807, 2.05) is 0 Å². The highest BCUT2D eigenvalue weighted by atomic mass is 19.1. The second kappa shape index (κ2) is 5.48. The Morgan fingerprint density at radius 3 is 2.60 bits per heavy atom. The quantitative estimate of drug-likeness (QED) is 0.893. The van der Waals surface area contributed by atoms with E-state index in [0.29, 0.717) is 12.8 Å². The normalized spacial score (nSPS) is 20.4. The van der Waals surface area contributed by atoms with Crippen molar-refractivity contribution in [2.45, 2.75) is 45.1 Å². The minimum atomic E-state index is -0.855. The maximum Gasteiger partial charge on any atom is 0.253 e. The van der Waals surface area contributed by atoms with Crippen LogP contribution in [0, 0.1) is 11.2 Å². The Balaban J connectivity index is 1.90. The molecule has 1 aliphatic carbocycles. The van der Waals surface area contributed by atoms with Crippen LogP contribution in [0.15, 0.2) is 18.5 Å². The van der Waals surface area contributed by atoms with Gasteiger partial charge in [0.05, 0.1) is 17.4 Å². The largest absolute Gasteiger partial charge is 0.388 e. The van der Waals surface area contributed by atoms with E-state index < -0.39 is 17.3 Å². The number of pyridine rings is 1. The Hall–Kier alpha value is -1.49. The average molecular weight is 280 g/mol. The zero-order valence-electron chi connectivity index (χ0n) is 11.9. The first kappa shape index (κ1) is 14.9. The summed E-state index contributed by atoms with van der Waals surface area (Å²) in [5.41, 5.74) is -0.431. The Kier molecular flexibility index (Phi) is 4.09. The number of aromatic nitrogens is 1. The molecular formula is C15H21FN2O2. The Bertz CT molecular complexity index is 492. The third kappa shape index (κ3) is 3.76. The van der Waals surface area contributed by atoms with Gasteiger partial charge in [-0.25, -0.2) is 4.39 Å². The summed E-state index contributed by atoms with van der Waals surface area (Å²) in [7, 11) is 0. The number of amides is 1. The van der Waals surface area contributed by atoms with Crippen molar-refractivity contribution in [3.05, 3.63) is 29.8 Å². The molecule has 1 aromatic heterocycles. The van der Waals surface area contributed by atoms with E-state index in [1.165, 1.54) is 6.20 Å². The van der Waals surface area contributed by atoms with E-state index in [4.69, 9.17) is 0 Å². The first-order valence-electron chi connectivity index (χ1n) is 6.91. The number of rotatable bonds is 3. The van der Waals surface area contributed by atoms with E-state index in [1.54, 1.807) is 0 Å². The minimum Gasteiger partial charge on any atom is -0.388 e. The Morgan fingerprint density at radius 2 is 2.00 bits per heavy atom. The second-order valence-corrected chi connectivity index (χ2v) is 6.46. The van der Waals surface area contributed by atoms with Gasteiger partial charge in [-0.05, 0) is 37.2 Å². The fourth-order valence-electron chi connectivity index (χ4n) is 2.45. The summed E-state index contributed by atoms with van der Waals surface area (Å²) in [6.07, 6.45) is 5.56. The summed E-state index contributed by atoms with van der Waals surface area (Å²) in [6, 6.07) is 1.14. The maximum absolute atomic E-state index is 13.0. The van der Waals surface area contributed by atoms with Gasteiger partial charge in [0.15, 0.2) is 0 Å². The third-order valence-electron chi connectivity index (χ3n) is 4.08. The first-order valence-corrected chi connectivity index (χ1v) is 6.91. The molecule has 1 aromatic rings. The van der Waals surface area contributed by atoms with Crippen molar-refractivity contribution < 1.29 is 14.3 Å². The fourth-order valence-corrected chi connectivity index (χ4v) is 2.45. The molecule has 0 unspecified atom stereocenters. The van der Waals surface area contributed by atoms with Crippen LogP contribution in [0.5, 0.6) is 0 Å². The van der Waals surface area contributed by atoms with Gasteiger partial charge in [0.2, 0.25) is 0 Å². The van der Waals surface area contributed by atoms with Crippen molar-refractivity contribution >= 4 is 5.91 Å². The van der Waals surface area contributed by atoms with Crippen LogP contribution in [0.4, 0.5) is 4.39 Å². The minimum absolute atomic E-state index is 0.171. The lowest BCUT2D eigenvalue weighted by Crippen LogP contribution is -2.46. The molecule has 5 heteroatoms. The number of hydrogen-bond acceptors (Lipinski definition) is 3. The van der Waals surface area contributed by atoms with Gasteiger partial charge >= 0.3 is 0 Å². The van der Waals surface area contributed by atoms with Crippen molar-refractivity contribution in [3.63, 3.8) is 0 Å². The highest BCUT2D eigenvalue weighted by Crippen LogP contribution is 2.39. The molecule has 0 aromatic carbocycles. The number of hydrogen-bond donors (Lipinski definition) is 2. The summed E-state index contributed by atoms with van der Waals surface area (Å²) >= 11 is 0. The summed E-state index contributed by atoms with van der Waals surface area (Å²) in [6.45, 7) is 4.56. The molecule has 2 rings (SSSR count). The van der Waals surface area contributed by atoms with Gasteiger partial charge < -0.3 is 10.4 Å². The van der Waals surface area contributed by atoms with Crippen LogP contribution in [-0.4, -0.2) is 28.1 Å². The van der Waals surface area contributed by atoms with E-state index in [0.717, 1.165) is 25.1 Å². The lowest BCUT2D eigenvalue weighted by Gasteiger charge is -2.40. The number of nitrogens with one attached hydrogen (secondary N) is 1. The van der Waals surface area contributed by atoms with Gasteiger partial charge in [-0.1, -0.05) is 13.8 Å². The number of carbonyl (C=O) groups is 1. The van der Waals surface area contributed by atoms with E-state index >= 15 is 0 Å². The molecule has 1 saturated carbocycles. The highest BCUT2D eigenvalue weighted by molar-refractivity contribution is 5.93. The Labute approximate surface area is 118 Å². The van der Waals surface area contributed by atoms with Crippen molar-refractivity contribution in [2.75, 3.05) is 6.54 Å². The molecule has 1 amide bonds. The van der Waals surface area contributed by atoms with Gasteiger partial charge in [-0.15, -0.1) is 0 Å². The molecule has 4 nitrogen and oxygen atoms in total. The predicted octanol–water partition coefficient (Wildman–Crippen LogP) is 2.28. The van der Waals surface area contributed by atoms with Gasteiger partial charge in [0.1, 0.15) is 5.82 Å². The molecule has 0 aliphatic heterocycles. The van der Waals surface area contributed by atoms with Crippen LogP contribution < -0.4 is 5.32 Å². The van der Waals surface area contributed by atoms with Crippen LogP contribution in [0.1, 0.15) is 49.9 Å². The zero-order chi connectivity index (χ0) is 14.8. The Morgan fingerprint density at radius 1 is 1.35 bits per heavy atom. The van der Waals surface area contributed by atoms with Crippen LogP contribution in [0.2, 0.25) is 0 Å². The van der Waals surface area contributed by atoms with Gasteiger partial charge in [-0.2, -0.15) is 0 Å². The molecule has 0 bridgehead atoms. The number of nitrogens with zero attached hydrogens (tertiary/aromatic N) is 1. The molecule has 1 heterocycles. The zero-order valence-corrected chi connectivity index (χ0v) is 11.9. The molecule has 20 heavy (non-hydrogen) atoms. The monoisotopic (exact) mass is 280 g/mol. The lowest BCUT2D eigenvalue weighted by atomic mass is 9.71. The number of halogens is 1. The molecule has 110 valence electrons. The molecule has 2 N–H and O–H groups in total. The molecule has 1 fully saturated rings. The molecule has 0 atom stereocenters. The van der Waals surface area contributed by atoms with E-state index in [9.17, 15) is 14.3 Å². The van der Waals surface area contributed by atoms with E-state index in [2.05, 4.69) is 24.1 Å². The summed E-state index contributed by atoms with van der Waals surface area (Å²) in [5.74, 6) is -0.953. The van der Waals surface area contributed by atoms with Crippen LogP contribution in [-0.2, 0) is 0 Å². The summed E-state index contributed by atoms with van der Waals surface area (Å²) in [5, 5.41) is 13.1. The third-order valence-corrected chi connectivity index (χ3v) is 4.08. The maximum atomic E-state index is 13.0. The fraction of sp³-hybridized carbons (Fsp3) is 0.600. The summed E-state index contributed by atoms with van der Waals surface area (Å²) < 4.78 is 13.0. The number of carbonyl (C=O) groups excluding carboxylic acids is 1. The van der Waals surface area contributed by atoms with Crippen molar-refractivity contribution in [2.24, 2.45) is 5.41 Å². The first-order chi connectivity index (χ1) is 9.30. The van der Waals surface area contributed by atoms with Gasteiger partial charge in [0, 0.05) is 12.7 Å². The average Bonchev–Trinajstić information content (AvgIpc) is 2.40. The van der Waals surface area contributed by atoms with Crippen LogP contribution in [0.25, 0.3) is 0 Å². The summed E-state index contributed by atoms with van der Waals surface area (Å²) in [4.78, 5) is 15.5. The van der Waals surface area contributed by atoms with Crippen molar-refractivity contribution in [1.82, 2.24) is 10.3 Å².